The van der Waals surface area contributed by atoms with Crippen LogP contribution in [-0.2, 0) is 0 Å². The molecule has 0 amide bonds. The molecule has 0 fully saturated rings. The second-order valence-electron chi connectivity index (χ2n) is 5.14. The minimum Gasteiger partial charge on any atom is -0.411 e. The number of hydrogen-bond donors (Lipinski definition) is 0. The van der Waals surface area contributed by atoms with Gasteiger partial charge in [0, 0.05) is 16.7 Å². The van der Waals surface area contributed by atoms with E-state index in [-0.39, 0.29) is 10.9 Å². The van der Waals surface area contributed by atoms with E-state index in [0.29, 0.717) is 15.8 Å². The van der Waals surface area contributed by atoms with Crippen molar-refractivity contribution in [1.82, 2.24) is 10.2 Å². The van der Waals surface area contributed by atoms with Gasteiger partial charge in [-0.2, -0.15) is 0 Å². The van der Waals surface area contributed by atoms with Gasteiger partial charge < -0.3 is 4.42 Å². The zero-order chi connectivity index (χ0) is 17.3. The molecule has 6 nitrogen and oxygen atoms in total. The summed E-state index contributed by atoms with van der Waals surface area (Å²) >= 11 is 6.84. The summed E-state index contributed by atoms with van der Waals surface area (Å²) < 4.78 is 5.62. The average Bonchev–Trinajstić information content (AvgIpc) is 3.00. The van der Waals surface area contributed by atoms with Crippen LogP contribution in [0.1, 0.15) is 11.1 Å². The number of benzene rings is 2. The number of nitro benzene ring substituents is 1. The van der Waals surface area contributed by atoms with E-state index in [9.17, 15) is 10.1 Å². The van der Waals surface area contributed by atoms with Crippen molar-refractivity contribution in [1.29, 1.82) is 0 Å². The SMILES string of the molecule is Cc1ccc(-c2nnc(Sc3ccc(Cl)cc3[N+](=O)[O-])o2)cc1C. The van der Waals surface area contributed by atoms with Crippen LogP contribution in [0.3, 0.4) is 0 Å². The van der Waals surface area contributed by atoms with Crippen molar-refractivity contribution in [2.45, 2.75) is 24.0 Å². The molecular weight excluding hydrogens is 350 g/mol. The second-order valence-corrected chi connectivity index (χ2v) is 6.57. The van der Waals surface area contributed by atoms with Crippen LogP contribution in [0.2, 0.25) is 5.02 Å². The summed E-state index contributed by atoms with van der Waals surface area (Å²) in [5, 5.41) is 19.6. The molecule has 122 valence electrons. The molecule has 0 saturated heterocycles. The quantitative estimate of drug-likeness (QED) is 0.476. The van der Waals surface area contributed by atoms with Crippen LogP contribution < -0.4 is 0 Å². The van der Waals surface area contributed by atoms with Gasteiger partial charge in [0.2, 0.25) is 5.89 Å². The first kappa shape index (κ1) is 16.5. The van der Waals surface area contributed by atoms with Crippen LogP contribution in [0.5, 0.6) is 0 Å². The van der Waals surface area contributed by atoms with Gasteiger partial charge >= 0.3 is 0 Å². The molecule has 24 heavy (non-hydrogen) atoms. The highest BCUT2D eigenvalue weighted by Crippen LogP contribution is 2.36. The molecule has 0 N–H and O–H groups in total. The molecule has 0 aliphatic carbocycles. The Bertz CT molecular complexity index is 927. The molecule has 0 aliphatic rings. The molecule has 0 aliphatic heterocycles. The zero-order valence-corrected chi connectivity index (χ0v) is 14.4. The predicted octanol–water partition coefficient (Wildman–Crippen LogP) is 5.07. The standard InChI is InChI=1S/C16H12ClN3O3S/c1-9-3-4-11(7-10(9)2)15-18-19-16(23-15)24-14-6-5-12(17)8-13(14)20(21)22/h3-8H,1-2H3. The van der Waals surface area contributed by atoms with E-state index in [1.54, 1.807) is 12.1 Å². The minimum atomic E-state index is -0.491. The van der Waals surface area contributed by atoms with Crippen LogP contribution in [0.4, 0.5) is 5.69 Å². The first-order valence-corrected chi connectivity index (χ1v) is 8.16. The van der Waals surface area contributed by atoms with E-state index in [2.05, 4.69) is 10.2 Å². The number of rotatable bonds is 4. The summed E-state index contributed by atoms with van der Waals surface area (Å²) in [5.74, 6) is 0.372. The maximum atomic E-state index is 11.1. The van der Waals surface area contributed by atoms with Gasteiger partial charge in [0.25, 0.3) is 10.9 Å². The Morgan fingerprint density at radius 1 is 1.12 bits per heavy atom. The van der Waals surface area contributed by atoms with Gasteiger partial charge in [-0.3, -0.25) is 10.1 Å². The Hall–Kier alpha value is -2.38. The van der Waals surface area contributed by atoms with Gasteiger partial charge in [0.05, 0.1) is 9.82 Å². The highest BCUT2D eigenvalue weighted by Gasteiger charge is 2.19. The smallest absolute Gasteiger partial charge is 0.284 e. The summed E-state index contributed by atoms with van der Waals surface area (Å²) in [4.78, 5) is 11.0. The number of halogens is 1. The Kier molecular flexibility index (Phi) is 4.55. The number of nitro groups is 1. The van der Waals surface area contributed by atoms with Gasteiger partial charge in [-0.25, -0.2) is 0 Å². The average molecular weight is 362 g/mol. The molecule has 0 unspecified atom stereocenters. The third-order valence-electron chi connectivity index (χ3n) is 3.48. The van der Waals surface area contributed by atoms with E-state index in [4.69, 9.17) is 16.0 Å². The number of nitrogens with zero attached hydrogens (tertiary/aromatic N) is 3. The molecule has 0 radical (unpaired) electrons. The van der Waals surface area contributed by atoms with Crippen molar-refractivity contribution in [2.24, 2.45) is 0 Å². The first-order chi connectivity index (χ1) is 11.4. The molecule has 2 aromatic carbocycles. The normalized spacial score (nSPS) is 10.8. The summed E-state index contributed by atoms with van der Waals surface area (Å²) in [6.45, 7) is 4.02. The topological polar surface area (TPSA) is 82.1 Å². The van der Waals surface area contributed by atoms with Crippen LogP contribution in [-0.4, -0.2) is 15.1 Å². The van der Waals surface area contributed by atoms with Crippen LogP contribution >= 0.6 is 23.4 Å². The molecule has 0 bridgehead atoms. The third-order valence-corrected chi connectivity index (χ3v) is 4.62. The third kappa shape index (κ3) is 3.42. The molecule has 3 aromatic rings. The first-order valence-electron chi connectivity index (χ1n) is 6.97. The molecule has 0 atom stereocenters. The van der Waals surface area contributed by atoms with Crippen LogP contribution in [0.15, 0.2) is 50.9 Å². The lowest BCUT2D eigenvalue weighted by Gasteiger charge is -2.01. The monoisotopic (exact) mass is 361 g/mol. The highest BCUT2D eigenvalue weighted by atomic mass is 35.5. The van der Waals surface area contributed by atoms with Gasteiger partial charge in [-0.1, -0.05) is 17.7 Å². The Labute approximate surface area is 147 Å². The van der Waals surface area contributed by atoms with Crippen molar-refractivity contribution in [3.8, 4) is 11.5 Å². The summed E-state index contributed by atoms with van der Waals surface area (Å²) in [5.41, 5.74) is 3.00. The molecule has 8 heteroatoms. The van der Waals surface area contributed by atoms with E-state index in [0.717, 1.165) is 22.9 Å². The van der Waals surface area contributed by atoms with Gasteiger partial charge in [0.15, 0.2) is 0 Å². The van der Waals surface area contributed by atoms with E-state index in [1.807, 2.05) is 32.0 Å². The Morgan fingerprint density at radius 3 is 2.62 bits per heavy atom. The highest BCUT2D eigenvalue weighted by molar-refractivity contribution is 7.99. The summed E-state index contributed by atoms with van der Waals surface area (Å²) in [6.07, 6.45) is 0. The second kappa shape index (κ2) is 6.62. The van der Waals surface area contributed by atoms with E-state index in [1.165, 1.54) is 11.6 Å². The van der Waals surface area contributed by atoms with Gasteiger partial charge in [0.1, 0.15) is 0 Å². The number of aryl methyl sites for hydroxylation is 2. The number of aromatic nitrogens is 2. The maximum Gasteiger partial charge on any atom is 0.284 e. The van der Waals surface area contributed by atoms with Gasteiger partial charge in [-0.15, -0.1) is 10.2 Å². The molecule has 3 rings (SSSR count). The fourth-order valence-corrected chi connectivity index (χ4v) is 2.99. The molecule has 1 aromatic heterocycles. The molecule has 0 saturated carbocycles. The Morgan fingerprint density at radius 2 is 1.92 bits per heavy atom. The van der Waals surface area contributed by atoms with Crippen molar-refractivity contribution in [3.05, 3.63) is 62.7 Å². The van der Waals surface area contributed by atoms with E-state index >= 15 is 0 Å². The van der Waals surface area contributed by atoms with Gasteiger partial charge in [-0.05, 0) is 61.0 Å². The predicted molar refractivity (Wildman–Crippen MR) is 91.4 cm³/mol. The fourth-order valence-electron chi connectivity index (χ4n) is 2.06. The molecule has 0 spiro atoms. The zero-order valence-electron chi connectivity index (χ0n) is 12.8. The van der Waals surface area contributed by atoms with Crippen LogP contribution in [0.25, 0.3) is 11.5 Å². The summed E-state index contributed by atoms with van der Waals surface area (Å²) in [6, 6.07) is 10.3. The Balaban J connectivity index is 1.89. The summed E-state index contributed by atoms with van der Waals surface area (Å²) in [7, 11) is 0. The minimum absolute atomic E-state index is 0.0987. The largest absolute Gasteiger partial charge is 0.411 e. The lowest BCUT2D eigenvalue weighted by Crippen LogP contribution is -1.90. The number of hydrogen-bond acceptors (Lipinski definition) is 6. The van der Waals surface area contributed by atoms with Crippen molar-refractivity contribution in [2.75, 3.05) is 0 Å². The van der Waals surface area contributed by atoms with E-state index < -0.39 is 4.92 Å². The molecular formula is C16H12ClN3O3S. The fraction of sp³-hybridized carbons (Fsp3) is 0.125. The molecule has 1 heterocycles. The van der Waals surface area contributed by atoms with Crippen molar-refractivity contribution in [3.63, 3.8) is 0 Å². The maximum absolute atomic E-state index is 11.1. The van der Waals surface area contributed by atoms with Crippen LogP contribution in [0, 0.1) is 24.0 Å². The lowest BCUT2D eigenvalue weighted by molar-refractivity contribution is -0.387. The van der Waals surface area contributed by atoms with Crippen molar-refractivity contribution < 1.29 is 9.34 Å². The lowest BCUT2D eigenvalue weighted by atomic mass is 10.1. The van der Waals surface area contributed by atoms with Crippen molar-refractivity contribution >= 4 is 29.1 Å².